The zero-order valence-electron chi connectivity index (χ0n) is 12.1. The normalized spacial score (nSPS) is 11.5. The van der Waals surface area contributed by atoms with Crippen molar-refractivity contribution in [1.29, 1.82) is 0 Å². The molecule has 2 aromatic rings. The molecule has 0 amide bonds. The number of hydrogen-bond donors (Lipinski definition) is 2. The fourth-order valence-corrected chi connectivity index (χ4v) is 1.81. The molecule has 0 spiro atoms. The third-order valence-corrected chi connectivity index (χ3v) is 2.82. The Balaban J connectivity index is 2.06. The molecular formula is C13H15F3N6. The van der Waals surface area contributed by atoms with E-state index in [1.807, 2.05) is 0 Å². The van der Waals surface area contributed by atoms with Crippen molar-refractivity contribution >= 4 is 11.8 Å². The van der Waals surface area contributed by atoms with Crippen molar-refractivity contribution in [2.75, 3.05) is 17.6 Å². The first-order chi connectivity index (χ1) is 10.3. The van der Waals surface area contributed by atoms with Crippen LogP contribution in [0.1, 0.15) is 22.8 Å². The smallest absolute Gasteiger partial charge is 0.369 e. The van der Waals surface area contributed by atoms with Crippen molar-refractivity contribution < 1.29 is 13.2 Å². The van der Waals surface area contributed by atoms with Crippen LogP contribution < -0.4 is 11.1 Å². The Labute approximate surface area is 125 Å². The van der Waals surface area contributed by atoms with E-state index >= 15 is 0 Å². The van der Waals surface area contributed by atoms with E-state index in [-0.39, 0.29) is 23.9 Å². The molecule has 0 fully saturated rings. The molecule has 0 radical (unpaired) electrons. The van der Waals surface area contributed by atoms with Gasteiger partial charge in [0.25, 0.3) is 0 Å². The first kappa shape index (κ1) is 15.9. The predicted octanol–water partition coefficient (Wildman–Crippen LogP) is 2.14. The van der Waals surface area contributed by atoms with E-state index < -0.39 is 11.9 Å². The number of hydrogen-bond acceptors (Lipinski definition) is 6. The van der Waals surface area contributed by atoms with Gasteiger partial charge in [0, 0.05) is 30.4 Å². The third-order valence-electron chi connectivity index (χ3n) is 2.82. The fourth-order valence-electron chi connectivity index (χ4n) is 1.81. The van der Waals surface area contributed by atoms with Crippen molar-refractivity contribution in [2.45, 2.75) is 26.4 Å². The van der Waals surface area contributed by atoms with Gasteiger partial charge in [-0.25, -0.2) is 15.0 Å². The second-order valence-electron chi connectivity index (χ2n) is 4.75. The van der Waals surface area contributed by atoms with Gasteiger partial charge >= 0.3 is 6.18 Å². The molecule has 2 aromatic heterocycles. The summed E-state index contributed by atoms with van der Waals surface area (Å²) >= 11 is 0. The lowest BCUT2D eigenvalue weighted by Crippen LogP contribution is -2.15. The summed E-state index contributed by atoms with van der Waals surface area (Å²) in [6.07, 6.45) is -2.68. The second-order valence-corrected chi connectivity index (χ2v) is 4.75. The molecular weight excluding hydrogens is 297 g/mol. The lowest BCUT2D eigenvalue weighted by molar-refractivity contribution is -0.141. The highest BCUT2D eigenvalue weighted by Gasteiger charge is 2.33. The lowest BCUT2D eigenvalue weighted by atomic mass is 10.3. The highest BCUT2D eigenvalue weighted by molar-refractivity contribution is 5.45. The van der Waals surface area contributed by atoms with Crippen LogP contribution >= 0.6 is 0 Å². The van der Waals surface area contributed by atoms with Gasteiger partial charge in [0.05, 0.1) is 0 Å². The molecule has 6 nitrogen and oxygen atoms in total. The van der Waals surface area contributed by atoms with Crippen molar-refractivity contribution in [1.82, 2.24) is 19.9 Å². The number of anilines is 2. The van der Waals surface area contributed by atoms with Gasteiger partial charge in [-0.15, -0.1) is 0 Å². The maximum atomic E-state index is 12.7. The molecule has 0 unspecified atom stereocenters. The highest BCUT2D eigenvalue weighted by atomic mass is 19.4. The largest absolute Gasteiger partial charge is 0.433 e. The minimum atomic E-state index is -4.48. The van der Waals surface area contributed by atoms with Crippen molar-refractivity contribution in [3.05, 3.63) is 35.0 Å². The first-order valence-electron chi connectivity index (χ1n) is 6.50. The van der Waals surface area contributed by atoms with Gasteiger partial charge in [0.2, 0.25) is 5.95 Å². The average Bonchev–Trinajstić information content (AvgIpc) is 2.41. The Morgan fingerprint density at radius 2 is 1.91 bits per heavy atom. The summed E-state index contributed by atoms with van der Waals surface area (Å²) < 4.78 is 38.1. The van der Waals surface area contributed by atoms with Crippen LogP contribution in [-0.2, 0) is 12.6 Å². The summed E-state index contributed by atoms with van der Waals surface area (Å²) in [6.45, 7) is 3.63. The van der Waals surface area contributed by atoms with Crippen LogP contribution in [0.25, 0.3) is 0 Å². The van der Waals surface area contributed by atoms with Gasteiger partial charge < -0.3 is 11.1 Å². The topological polar surface area (TPSA) is 89.6 Å². The second kappa shape index (κ2) is 6.12. The molecule has 0 aromatic carbocycles. The fraction of sp³-hybridized carbons (Fsp3) is 0.385. The van der Waals surface area contributed by atoms with E-state index in [0.29, 0.717) is 12.4 Å². The summed E-state index contributed by atoms with van der Waals surface area (Å²) in [5.74, 6) is 0.787. The van der Waals surface area contributed by atoms with Gasteiger partial charge in [-0.3, -0.25) is 0 Å². The summed E-state index contributed by atoms with van der Waals surface area (Å²) in [5, 5.41) is 2.99. The zero-order valence-corrected chi connectivity index (χ0v) is 12.1. The number of nitrogen functional groups attached to an aromatic ring is 1. The minimum Gasteiger partial charge on any atom is -0.369 e. The van der Waals surface area contributed by atoms with E-state index in [1.165, 1.54) is 6.92 Å². The Morgan fingerprint density at radius 3 is 2.59 bits per heavy atom. The number of alkyl halides is 3. The summed E-state index contributed by atoms with van der Waals surface area (Å²) in [5.41, 5.74) is 5.62. The Bertz CT molecular complexity index is 671. The third kappa shape index (κ3) is 4.03. The number of aromatic nitrogens is 4. The summed E-state index contributed by atoms with van der Waals surface area (Å²) in [4.78, 5) is 15.4. The molecule has 22 heavy (non-hydrogen) atoms. The Morgan fingerprint density at radius 1 is 1.18 bits per heavy atom. The SMILES string of the molecule is Cc1cc(C(F)(F)F)nc(CCNc2nc(N)ncc2C)n1. The number of nitrogens with one attached hydrogen (secondary N) is 1. The monoisotopic (exact) mass is 312 g/mol. The number of nitrogens with zero attached hydrogens (tertiary/aromatic N) is 4. The standard InChI is InChI=1S/C13H15F3N6/c1-7-6-19-12(17)22-11(7)18-4-3-10-20-8(2)5-9(21-10)13(14,15)16/h5-6H,3-4H2,1-2H3,(H3,17,18,19,22). The molecule has 3 N–H and O–H groups in total. The number of aryl methyl sites for hydroxylation is 2. The van der Waals surface area contributed by atoms with Gasteiger partial charge in [-0.1, -0.05) is 0 Å². The molecule has 0 bridgehead atoms. The molecule has 0 aliphatic rings. The van der Waals surface area contributed by atoms with E-state index in [2.05, 4.69) is 25.3 Å². The van der Waals surface area contributed by atoms with E-state index in [1.54, 1.807) is 13.1 Å². The van der Waals surface area contributed by atoms with Crippen LogP contribution in [0.3, 0.4) is 0 Å². The van der Waals surface area contributed by atoms with Crippen LogP contribution in [0.4, 0.5) is 24.9 Å². The van der Waals surface area contributed by atoms with Gasteiger partial charge in [0.1, 0.15) is 17.3 Å². The molecule has 0 atom stereocenters. The molecule has 2 rings (SSSR count). The Hall–Kier alpha value is -2.45. The number of rotatable bonds is 4. The van der Waals surface area contributed by atoms with Crippen LogP contribution in [0.2, 0.25) is 0 Å². The predicted molar refractivity (Wildman–Crippen MR) is 75.1 cm³/mol. The summed E-state index contributed by atoms with van der Waals surface area (Å²) in [7, 11) is 0. The molecule has 9 heteroatoms. The lowest BCUT2D eigenvalue weighted by Gasteiger charge is -2.10. The van der Waals surface area contributed by atoms with Crippen LogP contribution in [0.5, 0.6) is 0 Å². The molecule has 0 aliphatic heterocycles. The quantitative estimate of drug-likeness (QED) is 0.899. The zero-order chi connectivity index (χ0) is 16.3. The maximum Gasteiger partial charge on any atom is 0.433 e. The number of halogens is 3. The van der Waals surface area contributed by atoms with Gasteiger partial charge in [-0.05, 0) is 19.9 Å². The Kier molecular flexibility index (Phi) is 4.43. The molecule has 0 saturated heterocycles. The number of nitrogens with two attached hydrogens (primary N) is 1. The van der Waals surface area contributed by atoms with E-state index in [9.17, 15) is 13.2 Å². The van der Waals surface area contributed by atoms with Crippen molar-refractivity contribution in [2.24, 2.45) is 0 Å². The van der Waals surface area contributed by atoms with Crippen molar-refractivity contribution in [3.8, 4) is 0 Å². The molecule has 118 valence electrons. The highest BCUT2D eigenvalue weighted by Crippen LogP contribution is 2.27. The van der Waals surface area contributed by atoms with Crippen LogP contribution in [0.15, 0.2) is 12.3 Å². The molecule has 2 heterocycles. The maximum absolute atomic E-state index is 12.7. The average molecular weight is 312 g/mol. The molecule has 0 aliphatic carbocycles. The van der Waals surface area contributed by atoms with Gasteiger partial charge in [-0.2, -0.15) is 18.2 Å². The minimum absolute atomic E-state index is 0.124. The van der Waals surface area contributed by atoms with Crippen molar-refractivity contribution in [3.63, 3.8) is 0 Å². The van der Waals surface area contributed by atoms with Crippen LogP contribution in [-0.4, -0.2) is 26.5 Å². The van der Waals surface area contributed by atoms with E-state index in [0.717, 1.165) is 11.6 Å². The molecule has 0 saturated carbocycles. The van der Waals surface area contributed by atoms with E-state index in [4.69, 9.17) is 5.73 Å². The first-order valence-corrected chi connectivity index (χ1v) is 6.50. The van der Waals surface area contributed by atoms with Gasteiger partial charge in [0.15, 0.2) is 0 Å². The summed E-state index contributed by atoms with van der Waals surface area (Å²) in [6, 6.07) is 0.923. The van der Waals surface area contributed by atoms with Crippen LogP contribution in [0, 0.1) is 13.8 Å².